The van der Waals surface area contributed by atoms with Crippen molar-refractivity contribution in [1.82, 2.24) is 34.3 Å². The molecule has 0 unspecified atom stereocenters. The molecule has 4 heterocycles. The highest BCUT2D eigenvalue weighted by Gasteiger charge is 2.21. The molecule has 36 heavy (non-hydrogen) atoms. The Morgan fingerprint density at radius 3 is 2.47 bits per heavy atom. The van der Waals surface area contributed by atoms with Gasteiger partial charge < -0.3 is 25.8 Å². The Balaban J connectivity index is 1.43. The van der Waals surface area contributed by atoms with Gasteiger partial charge in [-0.2, -0.15) is 0 Å². The van der Waals surface area contributed by atoms with Crippen LogP contribution in [0, 0.1) is 0 Å². The number of pyridine rings is 1. The second kappa shape index (κ2) is 9.88. The fourth-order valence-corrected chi connectivity index (χ4v) is 4.37. The number of hydrogen-bond acceptors (Lipinski definition) is 9. The van der Waals surface area contributed by atoms with Gasteiger partial charge in [-0.15, -0.1) is 0 Å². The van der Waals surface area contributed by atoms with Crippen molar-refractivity contribution in [3.63, 3.8) is 0 Å². The Bertz CT molecular complexity index is 1390. The monoisotopic (exact) mass is 486 g/mol. The molecule has 11 heteroatoms. The van der Waals surface area contributed by atoms with E-state index in [1.165, 1.54) is 5.56 Å². The van der Waals surface area contributed by atoms with Gasteiger partial charge in [0.15, 0.2) is 17.3 Å². The first-order chi connectivity index (χ1) is 17.4. The van der Waals surface area contributed by atoms with Crippen LogP contribution in [0.15, 0.2) is 43.0 Å². The van der Waals surface area contributed by atoms with Crippen LogP contribution in [0.25, 0.3) is 22.3 Å². The molecule has 3 aromatic heterocycles. The van der Waals surface area contributed by atoms with Crippen LogP contribution in [0.2, 0.25) is 0 Å². The van der Waals surface area contributed by atoms with Crippen molar-refractivity contribution in [2.45, 2.75) is 6.54 Å². The first-order valence-electron chi connectivity index (χ1n) is 11.8. The number of aryl methyl sites for hydroxylation is 1. The van der Waals surface area contributed by atoms with E-state index in [1.807, 2.05) is 23.7 Å². The average Bonchev–Trinajstić information content (AvgIpc) is 3.27. The van der Waals surface area contributed by atoms with Crippen LogP contribution in [-0.4, -0.2) is 80.5 Å². The second-order valence-electron chi connectivity index (χ2n) is 9.04. The molecular formula is C25H30N10O. The lowest BCUT2D eigenvalue weighted by Crippen LogP contribution is -2.43. The number of likely N-dealkylation sites (N-methyl/N-ethyl adjacent to an activating group) is 1. The number of anilines is 3. The van der Waals surface area contributed by atoms with Crippen molar-refractivity contribution in [3.05, 3.63) is 54.2 Å². The average molecular weight is 487 g/mol. The van der Waals surface area contributed by atoms with E-state index in [0.29, 0.717) is 22.6 Å². The molecule has 4 N–H and O–H groups in total. The molecule has 1 fully saturated rings. The lowest BCUT2D eigenvalue weighted by Gasteiger charge is -2.32. The van der Waals surface area contributed by atoms with Gasteiger partial charge in [0.25, 0.3) is 5.91 Å². The molecule has 0 atom stereocenters. The van der Waals surface area contributed by atoms with Crippen molar-refractivity contribution >= 4 is 34.3 Å². The Hall–Kier alpha value is -4.09. The number of hydrogen-bond donors (Lipinski definition) is 3. The molecule has 1 aromatic carbocycles. The van der Waals surface area contributed by atoms with Gasteiger partial charge >= 0.3 is 0 Å². The summed E-state index contributed by atoms with van der Waals surface area (Å²) < 4.78 is 1.87. The lowest BCUT2D eigenvalue weighted by molar-refractivity contribution is 0.0996. The van der Waals surface area contributed by atoms with Gasteiger partial charge in [-0.05, 0) is 24.7 Å². The number of nitrogens with one attached hydrogen (secondary N) is 2. The minimum atomic E-state index is -0.679. The Morgan fingerprint density at radius 1 is 1.03 bits per heavy atom. The summed E-state index contributed by atoms with van der Waals surface area (Å²) in [6.07, 6.45) is 5.11. The third-order valence-electron chi connectivity index (χ3n) is 6.48. The largest absolute Gasteiger partial charge is 0.371 e. The maximum Gasteiger partial charge on any atom is 0.271 e. The number of nitrogens with zero attached hydrogens (tertiary/aromatic N) is 7. The van der Waals surface area contributed by atoms with Crippen LogP contribution in [0.3, 0.4) is 0 Å². The van der Waals surface area contributed by atoms with Crippen LogP contribution in [0.1, 0.15) is 16.1 Å². The molecule has 0 bridgehead atoms. The van der Waals surface area contributed by atoms with Gasteiger partial charge in [-0.1, -0.05) is 12.1 Å². The molecule has 186 valence electrons. The summed E-state index contributed by atoms with van der Waals surface area (Å²) in [5.41, 5.74) is 10.4. The third-order valence-corrected chi connectivity index (χ3v) is 6.48. The zero-order valence-electron chi connectivity index (χ0n) is 20.7. The van der Waals surface area contributed by atoms with E-state index in [2.05, 4.69) is 59.5 Å². The predicted octanol–water partition coefficient (Wildman–Crippen LogP) is 2.06. The Morgan fingerprint density at radius 2 is 1.78 bits per heavy atom. The molecule has 4 aromatic rings. The minimum Gasteiger partial charge on any atom is -0.371 e. The van der Waals surface area contributed by atoms with E-state index in [1.54, 1.807) is 25.8 Å². The van der Waals surface area contributed by atoms with Gasteiger partial charge in [-0.25, -0.2) is 15.0 Å². The highest BCUT2D eigenvalue weighted by atomic mass is 16.1. The van der Waals surface area contributed by atoms with Gasteiger partial charge in [0.1, 0.15) is 11.2 Å². The molecular weight excluding hydrogens is 456 g/mol. The maximum absolute atomic E-state index is 12.4. The molecule has 1 amide bonds. The van der Waals surface area contributed by atoms with Gasteiger partial charge in [-0.3, -0.25) is 14.7 Å². The number of nitrogens with two attached hydrogens (primary N) is 1. The van der Waals surface area contributed by atoms with Crippen molar-refractivity contribution < 1.29 is 4.79 Å². The zero-order valence-corrected chi connectivity index (χ0v) is 20.7. The second-order valence-corrected chi connectivity index (χ2v) is 9.04. The Labute approximate surface area is 209 Å². The van der Waals surface area contributed by atoms with E-state index in [-0.39, 0.29) is 11.5 Å². The number of imidazole rings is 1. The lowest BCUT2D eigenvalue weighted by atomic mass is 10.1. The van der Waals surface area contributed by atoms with Crippen LogP contribution in [0.5, 0.6) is 0 Å². The van der Waals surface area contributed by atoms with E-state index >= 15 is 0 Å². The molecule has 5 rings (SSSR count). The zero-order chi connectivity index (χ0) is 25.2. The van der Waals surface area contributed by atoms with E-state index < -0.39 is 5.91 Å². The molecule has 11 nitrogen and oxygen atoms in total. The number of rotatable bonds is 7. The maximum atomic E-state index is 12.4. The number of aromatic nitrogens is 5. The van der Waals surface area contributed by atoms with Crippen LogP contribution < -0.4 is 16.4 Å². The van der Waals surface area contributed by atoms with E-state index in [9.17, 15) is 4.79 Å². The molecule has 0 aliphatic carbocycles. The minimum absolute atomic E-state index is 0.0402. The van der Waals surface area contributed by atoms with Crippen molar-refractivity contribution in [2.75, 3.05) is 50.9 Å². The highest BCUT2D eigenvalue weighted by molar-refractivity contribution is 5.99. The summed E-state index contributed by atoms with van der Waals surface area (Å²) in [6, 6.07) is 8.12. The Kier molecular flexibility index (Phi) is 6.49. The van der Waals surface area contributed by atoms with Crippen LogP contribution in [-0.2, 0) is 13.6 Å². The van der Waals surface area contributed by atoms with Crippen LogP contribution in [0.4, 0.5) is 17.3 Å². The summed E-state index contributed by atoms with van der Waals surface area (Å²) in [7, 11) is 5.80. The molecule has 1 saturated heterocycles. The molecule has 1 aliphatic rings. The number of carbonyl (C=O) groups excluding carboxylic acids is 1. The van der Waals surface area contributed by atoms with Crippen molar-refractivity contribution in [1.29, 1.82) is 0 Å². The topological polar surface area (TPSA) is 130 Å². The summed E-state index contributed by atoms with van der Waals surface area (Å²) in [5.74, 6) is 0.0828. The molecule has 0 spiro atoms. The first-order valence-corrected chi connectivity index (χ1v) is 11.8. The van der Waals surface area contributed by atoms with Gasteiger partial charge in [0.2, 0.25) is 0 Å². The van der Waals surface area contributed by atoms with Gasteiger partial charge in [0.05, 0.1) is 23.6 Å². The number of primary amides is 1. The summed E-state index contributed by atoms with van der Waals surface area (Å²) in [5, 5.41) is 6.29. The van der Waals surface area contributed by atoms with Crippen LogP contribution >= 0.6 is 0 Å². The number of benzene rings is 1. The van der Waals surface area contributed by atoms with Crippen molar-refractivity contribution in [2.24, 2.45) is 12.8 Å². The molecule has 0 saturated carbocycles. The van der Waals surface area contributed by atoms with E-state index in [0.717, 1.165) is 43.9 Å². The summed E-state index contributed by atoms with van der Waals surface area (Å²) in [6.45, 7) is 5.21. The van der Waals surface area contributed by atoms with E-state index in [4.69, 9.17) is 5.73 Å². The number of amides is 1. The first kappa shape index (κ1) is 23.6. The number of fused-ring (bicyclic) bond motifs is 1. The predicted molar refractivity (Wildman–Crippen MR) is 140 cm³/mol. The van der Waals surface area contributed by atoms with Gasteiger partial charge in [0, 0.05) is 58.7 Å². The molecule has 0 radical (unpaired) electrons. The summed E-state index contributed by atoms with van der Waals surface area (Å²) in [4.78, 5) is 35.2. The highest BCUT2D eigenvalue weighted by Crippen LogP contribution is 2.32. The fourth-order valence-electron chi connectivity index (χ4n) is 4.37. The fraction of sp³-hybridized carbons (Fsp3) is 0.320. The quantitative estimate of drug-likeness (QED) is 0.359. The molecule has 1 aliphatic heterocycles. The third kappa shape index (κ3) is 4.70. The van der Waals surface area contributed by atoms with Crippen molar-refractivity contribution in [3.8, 4) is 11.3 Å². The SMILES string of the molecule is CNc1nc(Nc2ccc(CN3CCN(C)CC3)cc2)c(C(N)=O)nc1-c1cncc2c1ncn2C. The smallest absolute Gasteiger partial charge is 0.271 e. The standard InChI is InChI=1S/C25H30N10O/c1-27-24-21(18-12-28-13-19-20(18)29-15-34(19)3)31-22(23(26)36)25(32-24)30-17-6-4-16(5-7-17)14-35-10-8-33(2)9-11-35/h4-7,12-13,15H,8-11,14H2,1-3H3,(H2,26,36)(H2,27,30,32). The number of carbonyl (C=O) groups is 1. The normalized spacial score (nSPS) is 14.8. The summed E-state index contributed by atoms with van der Waals surface area (Å²) >= 11 is 0. The number of piperazine rings is 1.